The minimum absolute atomic E-state index is 0.00644. The Morgan fingerprint density at radius 3 is 2.73 bits per heavy atom. The quantitative estimate of drug-likeness (QED) is 0.776. The Balaban J connectivity index is 1.44. The number of aryl methyl sites for hydroxylation is 1. The van der Waals surface area contributed by atoms with Crippen LogP contribution in [-0.2, 0) is 12.8 Å². The van der Waals surface area contributed by atoms with Crippen molar-refractivity contribution < 1.29 is 18.3 Å². The van der Waals surface area contributed by atoms with Gasteiger partial charge in [0.15, 0.2) is 0 Å². The van der Waals surface area contributed by atoms with Crippen LogP contribution in [0.25, 0.3) is 0 Å². The minimum atomic E-state index is -2.83. The lowest BCUT2D eigenvalue weighted by Gasteiger charge is -2.15. The largest absolute Gasteiger partial charge is 0.435 e. The van der Waals surface area contributed by atoms with E-state index in [0.29, 0.717) is 18.0 Å². The highest BCUT2D eigenvalue weighted by atomic mass is 35.5. The number of hydrogen-bond acceptors (Lipinski definition) is 2. The Kier molecular flexibility index (Phi) is 5.93. The molecule has 138 valence electrons. The molecule has 0 aliphatic heterocycles. The first-order valence-electron chi connectivity index (χ1n) is 8.38. The summed E-state index contributed by atoms with van der Waals surface area (Å²) in [4.78, 5) is 12.1. The molecule has 0 fully saturated rings. The van der Waals surface area contributed by atoms with Crippen LogP contribution in [-0.4, -0.2) is 19.2 Å². The summed E-state index contributed by atoms with van der Waals surface area (Å²) in [7, 11) is 0. The standard InChI is InChI=1S/C19H19ClF2N2O2/c20-14-4-7-16-13(11-14)3-8-17(16)24-19(25)23-10-9-12-1-5-15(6-2-12)26-18(21)22/h1-2,4-7,11,17-18H,3,8-10H2,(H2,23,24,25). The average Bonchev–Trinajstić information content (AvgIpc) is 2.98. The molecule has 0 aromatic heterocycles. The van der Waals surface area contributed by atoms with Crippen molar-refractivity contribution in [2.24, 2.45) is 0 Å². The first-order valence-corrected chi connectivity index (χ1v) is 8.75. The van der Waals surface area contributed by atoms with Gasteiger partial charge in [0.2, 0.25) is 0 Å². The Bertz CT molecular complexity index is 769. The highest BCUT2D eigenvalue weighted by molar-refractivity contribution is 6.30. The van der Waals surface area contributed by atoms with E-state index in [1.54, 1.807) is 12.1 Å². The molecule has 0 bridgehead atoms. The lowest BCUT2D eigenvalue weighted by molar-refractivity contribution is -0.0498. The van der Waals surface area contributed by atoms with E-state index < -0.39 is 6.61 Å². The highest BCUT2D eigenvalue weighted by Gasteiger charge is 2.23. The van der Waals surface area contributed by atoms with Crippen LogP contribution in [0.5, 0.6) is 5.75 Å². The summed E-state index contributed by atoms with van der Waals surface area (Å²) < 4.78 is 28.5. The molecule has 0 spiro atoms. The van der Waals surface area contributed by atoms with Gasteiger partial charge in [-0.05, 0) is 60.2 Å². The van der Waals surface area contributed by atoms with Gasteiger partial charge in [0, 0.05) is 11.6 Å². The predicted molar refractivity (Wildman–Crippen MR) is 95.8 cm³/mol. The third kappa shape index (κ3) is 4.85. The van der Waals surface area contributed by atoms with E-state index in [9.17, 15) is 13.6 Å². The van der Waals surface area contributed by atoms with Crippen LogP contribution in [0.4, 0.5) is 13.6 Å². The number of nitrogens with one attached hydrogen (secondary N) is 2. The maximum atomic E-state index is 12.1. The summed E-state index contributed by atoms with van der Waals surface area (Å²) in [5, 5.41) is 6.50. The molecular formula is C19H19ClF2N2O2. The van der Waals surface area contributed by atoms with Gasteiger partial charge in [-0.3, -0.25) is 0 Å². The van der Waals surface area contributed by atoms with Crippen molar-refractivity contribution in [3.63, 3.8) is 0 Å². The third-order valence-electron chi connectivity index (χ3n) is 4.34. The van der Waals surface area contributed by atoms with Crippen LogP contribution in [0.2, 0.25) is 5.02 Å². The van der Waals surface area contributed by atoms with E-state index in [1.807, 2.05) is 18.2 Å². The van der Waals surface area contributed by atoms with Gasteiger partial charge in [-0.1, -0.05) is 29.8 Å². The van der Waals surface area contributed by atoms with Crippen molar-refractivity contribution >= 4 is 17.6 Å². The number of rotatable bonds is 6. The zero-order valence-electron chi connectivity index (χ0n) is 14.0. The first kappa shape index (κ1) is 18.5. The van der Waals surface area contributed by atoms with E-state index in [0.717, 1.165) is 24.0 Å². The van der Waals surface area contributed by atoms with Gasteiger partial charge in [0.05, 0.1) is 6.04 Å². The number of halogens is 3. The normalized spacial score (nSPS) is 15.6. The van der Waals surface area contributed by atoms with Crippen molar-refractivity contribution in [3.8, 4) is 5.75 Å². The molecule has 7 heteroatoms. The van der Waals surface area contributed by atoms with Gasteiger partial charge < -0.3 is 15.4 Å². The smallest absolute Gasteiger partial charge is 0.387 e. The molecular weight excluding hydrogens is 362 g/mol. The zero-order valence-corrected chi connectivity index (χ0v) is 14.7. The van der Waals surface area contributed by atoms with Crippen LogP contribution >= 0.6 is 11.6 Å². The van der Waals surface area contributed by atoms with E-state index in [1.165, 1.54) is 17.7 Å². The molecule has 0 radical (unpaired) electrons. The fourth-order valence-electron chi connectivity index (χ4n) is 3.10. The monoisotopic (exact) mass is 380 g/mol. The van der Waals surface area contributed by atoms with E-state index in [2.05, 4.69) is 15.4 Å². The first-order chi connectivity index (χ1) is 12.5. The summed E-state index contributed by atoms with van der Waals surface area (Å²) in [6.07, 6.45) is 2.35. The van der Waals surface area contributed by atoms with E-state index in [-0.39, 0.29) is 17.8 Å². The van der Waals surface area contributed by atoms with E-state index >= 15 is 0 Å². The SMILES string of the molecule is O=C(NCCc1ccc(OC(F)F)cc1)NC1CCc2cc(Cl)ccc21. The Hall–Kier alpha value is -2.34. The number of carbonyl (C=O) groups is 1. The molecule has 1 aliphatic carbocycles. The number of fused-ring (bicyclic) bond motifs is 1. The number of ether oxygens (including phenoxy) is 1. The van der Waals surface area contributed by atoms with Gasteiger partial charge >= 0.3 is 12.6 Å². The fraction of sp³-hybridized carbons (Fsp3) is 0.316. The number of urea groups is 1. The highest BCUT2D eigenvalue weighted by Crippen LogP contribution is 2.32. The predicted octanol–water partition coefficient (Wildman–Crippen LogP) is 4.47. The van der Waals surface area contributed by atoms with Crippen LogP contribution in [0, 0.1) is 0 Å². The second kappa shape index (κ2) is 8.36. The molecule has 2 aromatic carbocycles. The van der Waals surface area contributed by atoms with Crippen molar-refractivity contribution in [1.29, 1.82) is 0 Å². The minimum Gasteiger partial charge on any atom is -0.435 e. The Labute approximate surface area is 155 Å². The van der Waals surface area contributed by atoms with Gasteiger partial charge in [-0.15, -0.1) is 0 Å². The van der Waals surface area contributed by atoms with Crippen LogP contribution in [0.15, 0.2) is 42.5 Å². The molecule has 0 heterocycles. The summed E-state index contributed by atoms with van der Waals surface area (Å²) in [5.74, 6) is 0.120. The molecule has 4 nitrogen and oxygen atoms in total. The summed E-state index contributed by atoms with van der Waals surface area (Å²) in [6, 6.07) is 11.9. The van der Waals surface area contributed by atoms with Crippen molar-refractivity contribution in [1.82, 2.24) is 10.6 Å². The topological polar surface area (TPSA) is 50.4 Å². The van der Waals surface area contributed by atoms with Crippen molar-refractivity contribution in [3.05, 3.63) is 64.2 Å². The molecule has 2 amide bonds. The fourth-order valence-corrected chi connectivity index (χ4v) is 3.30. The molecule has 0 saturated carbocycles. The van der Waals surface area contributed by atoms with Crippen molar-refractivity contribution in [2.75, 3.05) is 6.54 Å². The second-order valence-corrected chi connectivity index (χ2v) is 6.54. The second-order valence-electron chi connectivity index (χ2n) is 6.11. The number of benzene rings is 2. The molecule has 1 atom stereocenters. The maximum absolute atomic E-state index is 12.1. The maximum Gasteiger partial charge on any atom is 0.387 e. The molecule has 3 rings (SSSR count). The van der Waals surface area contributed by atoms with Crippen LogP contribution in [0.1, 0.15) is 29.2 Å². The summed E-state index contributed by atoms with van der Waals surface area (Å²) >= 11 is 5.99. The number of amides is 2. The Morgan fingerprint density at radius 1 is 1.23 bits per heavy atom. The van der Waals surface area contributed by atoms with Gasteiger partial charge in [-0.25, -0.2) is 4.79 Å². The van der Waals surface area contributed by atoms with E-state index in [4.69, 9.17) is 11.6 Å². The molecule has 1 aliphatic rings. The third-order valence-corrected chi connectivity index (χ3v) is 4.57. The molecule has 26 heavy (non-hydrogen) atoms. The van der Waals surface area contributed by atoms with Crippen LogP contribution < -0.4 is 15.4 Å². The lowest BCUT2D eigenvalue weighted by atomic mass is 10.1. The van der Waals surface area contributed by atoms with Crippen LogP contribution in [0.3, 0.4) is 0 Å². The van der Waals surface area contributed by atoms with Gasteiger partial charge in [-0.2, -0.15) is 8.78 Å². The summed E-state index contributed by atoms with van der Waals surface area (Å²) in [5.41, 5.74) is 3.21. The van der Waals surface area contributed by atoms with Gasteiger partial charge in [0.1, 0.15) is 5.75 Å². The summed E-state index contributed by atoms with van der Waals surface area (Å²) in [6.45, 7) is -2.39. The number of hydrogen-bond donors (Lipinski definition) is 2. The number of alkyl halides is 2. The molecule has 2 aromatic rings. The molecule has 0 saturated heterocycles. The zero-order chi connectivity index (χ0) is 18.5. The van der Waals surface area contributed by atoms with Crippen molar-refractivity contribution in [2.45, 2.75) is 31.9 Å². The molecule has 1 unspecified atom stereocenters. The Morgan fingerprint density at radius 2 is 2.00 bits per heavy atom. The molecule has 2 N–H and O–H groups in total. The lowest BCUT2D eigenvalue weighted by Crippen LogP contribution is -2.38. The average molecular weight is 381 g/mol. The van der Waals surface area contributed by atoms with Gasteiger partial charge in [0.25, 0.3) is 0 Å². The number of carbonyl (C=O) groups excluding carboxylic acids is 1.